The fraction of sp³-hybridized carbons (Fsp3) is 0.357. The number of hydrogen-bond donors (Lipinski definition) is 1. The number of hydrogen-bond acceptors (Lipinski definition) is 8. The third-order valence-corrected chi connectivity index (χ3v) is 6.43. The standard InChI is InChI=1S/C28H32O8S/c1-37(30,31)36-27-26(34-19-23-15-9-4-10-16-23)25(33-18-22-13-7-3-8-14-22)24(35-28(27)29)20-32-17-21-11-5-2-6-12-21/h2-16,24-29H,17-20H2,1H3/t24-,25-,26+,27+,28+/m1/s1. The van der Waals surface area contributed by atoms with Gasteiger partial charge < -0.3 is 24.1 Å². The van der Waals surface area contributed by atoms with Crippen molar-refractivity contribution in [1.82, 2.24) is 0 Å². The molecule has 0 radical (unpaired) electrons. The van der Waals surface area contributed by atoms with Gasteiger partial charge in [0.25, 0.3) is 10.1 Å². The SMILES string of the molecule is CS(=O)(=O)O[C@H]1[C@@H](OCc2ccccc2)[C@H](OCc2ccccc2)[C@@H](COCc2ccccc2)O[C@@H]1O. The molecule has 8 nitrogen and oxygen atoms in total. The quantitative estimate of drug-likeness (QED) is 0.357. The summed E-state index contributed by atoms with van der Waals surface area (Å²) in [4.78, 5) is 0. The molecule has 5 atom stereocenters. The van der Waals surface area contributed by atoms with Crippen LogP contribution in [0.3, 0.4) is 0 Å². The van der Waals surface area contributed by atoms with E-state index in [1.54, 1.807) is 0 Å². The number of benzene rings is 3. The Kier molecular flexibility index (Phi) is 9.81. The first-order valence-electron chi connectivity index (χ1n) is 12.0. The zero-order chi connectivity index (χ0) is 26.1. The summed E-state index contributed by atoms with van der Waals surface area (Å²) in [5, 5.41) is 10.8. The Balaban J connectivity index is 1.56. The van der Waals surface area contributed by atoms with Crippen LogP contribution < -0.4 is 0 Å². The first-order valence-corrected chi connectivity index (χ1v) is 13.9. The molecule has 4 rings (SSSR count). The average molecular weight is 529 g/mol. The Bertz CT molecular complexity index is 1170. The Labute approximate surface area is 217 Å². The minimum atomic E-state index is -3.94. The van der Waals surface area contributed by atoms with Crippen molar-refractivity contribution in [3.05, 3.63) is 108 Å². The van der Waals surface area contributed by atoms with Crippen LogP contribution >= 0.6 is 0 Å². The minimum Gasteiger partial charge on any atom is -0.374 e. The van der Waals surface area contributed by atoms with Crippen LogP contribution in [0, 0.1) is 0 Å². The second kappa shape index (κ2) is 13.3. The molecule has 0 aromatic heterocycles. The highest BCUT2D eigenvalue weighted by Gasteiger charge is 2.49. The van der Waals surface area contributed by atoms with Gasteiger partial charge in [0.2, 0.25) is 0 Å². The zero-order valence-electron chi connectivity index (χ0n) is 20.6. The van der Waals surface area contributed by atoms with Gasteiger partial charge in [-0.3, -0.25) is 4.18 Å². The molecule has 0 unspecified atom stereocenters. The van der Waals surface area contributed by atoms with Gasteiger partial charge in [-0.1, -0.05) is 91.0 Å². The molecule has 37 heavy (non-hydrogen) atoms. The van der Waals surface area contributed by atoms with Crippen molar-refractivity contribution in [2.75, 3.05) is 12.9 Å². The van der Waals surface area contributed by atoms with Crippen LogP contribution in [0.25, 0.3) is 0 Å². The van der Waals surface area contributed by atoms with Crippen molar-refractivity contribution >= 4 is 10.1 Å². The molecule has 1 saturated heterocycles. The van der Waals surface area contributed by atoms with E-state index < -0.39 is 40.8 Å². The fourth-order valence-electron chi connectivity index (χ4n) is 4.13. The van der Waals surface area contributed by atoms with Gasteiger partial charge in [0.1, 0.15) is 18.3 Å². The average Bonchev–Trinajstić information content (AvgIpc) is 2.89. The predicted molar refractivity (Wildman–Crippen MR) is 137 cm³/mol. The van der Waals surface area contributed by atoms with E-state index in [0.29, 0.717) is 6.61 Å². The van der Waals surface area contributed by atoms with Crippen LogP contribution in [-0.2, 0) is 53.1 Å². The van der Waals surface area contributed by atoms with Crippen LogP contribution in [0.5, 0.6) is 0 Å². The molecule has 3 aromatic rings. The van der Waals surface area contributed by atoms with Gasteiger partial charge >= 0.3 is 0 Å². The van der Waals surface area contributed by atoms with E-state index in [2.05, 4.69) is 0 Å². The summed E-state index contributed by atoms with van der Waals surface area (Å²) >= 11 is 0. The van der Waals surface area contributed by atoms with Crippen LogP contribution in [0.4, 0.5) is 0 Å². The van der Waals surface area contributed by atoms with Crippen molar-refractivity contribution in [2.45, 2.75) is 50.5 Å². The van der Waals surface area contributed by atoms with Gasteiger partial charge in [0.15, 0.2) is 12.4 Å². The molecular weight excluding hydrogens is 496 g/mol. The number of rotatable bonds is 12. The van der Waals surface area contributed by atoms with E-state index >= 15 is 0 Å². The zero-order valence-corrected chi connectivity index (χ0v) is 21.4. The highest BCUT2D eigenvalue weighted by Crippen LogP contribution is 2.30. The molecule has 1 N–H and O–H groups in total. The molecule has 1 aliphatic rings. The van der Waals surface area contributed by atoms with Crippen molar-refractivity contribution < 1.29 is 36.7 Å². The Morgan fingerprint density at radius 1 is 0.703 bits per heavy atom. The first-order chi connectivity index (χ1) is 17.9. The summed E-state index contributed by atoms with van der Waals surface area (Å²) in [6.45, 7) is 0.796. The third-order valence-electron chi connectivity index (χ3n) is 5.86. The molecule has 1 aliphatic heterocycles. The summed E-state index contributed by atoms with van der Waals surface area (Å²) in [6, 6.07) is 28.7. The van der Waals surface area contributed by atoms with Gasteiger partial charge in [-0.2, -0.15) is 8.42 Å². The van der Waals surface area contributed by atoms with Gasteiger partial charge in [0.05, 0.1) is 32.7 Å². The van der Waals surface area contributed by atoms with E-state index in [1.165, 1.54) is 0 Å². The van der Waals surface area contributed by atoms with Gasteiger partial charge in [0, 0.05) is 0 Å². The topological polar surface area (TPSA) is 101 Å². The van der Waals surface area contributed by atoms with Crippen LogP contribution in [-0.4, -0.2) is 57.1 Å². The highest BCUT2D eigenvalue weighted by atomic mass is 32.2. The normalized spacial score (nSPS) is 24.1. The van der Waals surface area contributed by atoms with Crippen molar-refractivity contribution in [3.63, 3.8) is 0 Å². The molecule has 0 aliphatic carbocycles. The molecule has 0 spiro atoms. The molecule has 0 amide bonds. The molecule has 9 heteroatoms. The van der Waals surface area contributed by atoms with E-state index in [-0.39, 0.29) is 19.8 Å². The van der Waals surface area contributed by atoms with E-state index in [4.69, 9.17) is 23.1 Å². The van der Waals surface area contributed by atoms with Crippen molar-refractivity contribution in [3.8, 4) is 0 Å². The highest BCUT2D eigenvalue weighted by molar-refractivity contribution is 7.86. The number of aliphatic hydroxyl groups excluding tert-OH is 1. The summed E-state index contributed by atoms with van der Waals surface area (Å²) < 4.78 is 53.5. The molecule has 0 saturated carbocycles. The summed E-state index contributed by atoms with van der Waals surface area (Å²) in [5.41, 5.74) is 2.77. The molecule has 1 heterocycles. The monoisotopic (exact) mass is 528 g/mol. The van der Waals surface area contributed by atoms with E-state index in [9.17, 15) is 13.5 Å². The summed E-state index contributed by atoms with van der Waals surface area (Å²) in [6.07, 6.45) is -4.49. The molecule has 198 valence electrons. The summed E-state index contributed by atoms with van der Waals surface area (Å²) in [5.74, 6) is 0. The van der Waals surface area contributed by atoms with Crippen molar-refractivity contribution in [2.24, 2.45) is 0 Å². The maximum Gasteiger partial charge on any atom is 0.264 e. The smallest absolute Gasteiger partial charge is 0.264 e. The Morgan fingerprint density at radius 3 is 1.65 bits per heavy atom. The summed E-state index contributed by atoms with van der Waals surface area (Å²) in [7, 11) is -3.94. The lowest BCUT2D eigenvalue weighted by Crippen LogP contribution is -2.61. The second-order valence-electron chi connectivity index (χ2n) is 8.85. The lowest BCUT2D eigenvalue weighted by Gasteiger charge is -2.43. The number of aliphatic hydroxyl groups is 1. The molecule has 1 fully saturated rings. The largest absolute Gasteiger partial charge is 0.374 e. The second-order valence-corrected chi connectivity index (χ2v) is 10.5. The molecular formula is C28H32O8S. The predicted octanol–water partition coefficient (Wildman–Crippen LogP) is 3.44. The fourth-order valence-corrected chi connectivity index (χ4v) is 4.73. The maximum atomic E-state index is 12.1. The lowest BCUT2D eigenvalue weighted by atomic mass is 9.98. The van der Waals surface area contributed by atoms with Crippen LogP contribution in [0.15, 0.2) is 91.0 Å². The van der Waals surface area contributed by atoms with Crippen LogP contribution in [0.1, 0.15) is 16.7 Å². The Morgan fingerprint density at radius 2 is 1.16 bits per heavy atom. The van der Waals surface area contributed by atoms with E-state index in [0.717, 1.165) is 22.9 Å². The Hall–Kier alpha value is -2.63. The minimum absolute atomic E-state index is 0.0855. The third kappa shape index (κ3) is 8.44. The van der Waals surface area contributed by atoms with Gasteiger partial charge in [-0.25, -0.2) is 0 Å². The lowest BCUT2D eigenvalue weighted by molar-refractivity contribution is -0.301. The van der Waals surface area contributed by atoms with Crippen molar-refractivity contribution in [1.29, 1.82) is 0 Å². The van der Waals surface area contributed by atoms with Crippen LogP contribution in [0.2, 0.25) is 0 Å². The van der Waals surface area contributed by atoms with Gasteiger partial charge in [-0.05, 0) is 16.7 Å². The molecule has 3 aromatic carbocycles. The molecule has 0 bridgehead atoms. The maximum absolute atomic E-state index is 12.1. The first kappa shape index (κ1) is 27.4. The number of ether oxygens (including phenoxy) is 4. The van der Waals surface area contributed by atoms with E-state index in [1.807, 2.05) is 91.0 Å². The van der Waals surface area contributed by atoms with Gasteiger partial charge in [-0.15, -0.1) is 0 Å².